The molecule has 0 amide bonds. The van der Waals surface area contributed by atoms with Crippen LogP contribution in [-0.4, -0.2) is 13.1 Å². The molecule has 1 aromatic carbocycles. The Bertz CT molecular complexity index is 319. The Balaban J connectivity index is 2.90. The van der Waals surface area contributed by atoms with Gasteiger partial charge in [-0.15, -0.1) is 0 Å². The average Bonchev–Trinajstić information content (AvgIpc) is 2.30. The van der Waals surface area contributed by atoms with Crippen LogP contribution in [0, 0.1) is 0 Å². The third-order valence-electron chi connectivity index (χ3n) is 3.01. The third kappa shape index (κ3) is 2.82. The highest BCUT2D eigenvalue weighted by Crippen LogP contribution is 2.31. The fourth-order valence-electron chi connectivity index (χ4n) is 1.66. The molecule has 1 rings (SSSR count). The van der Waals surface area contributed by atoms with Crippen molar-refractivity contribution in [2.75, 3.05) is 7.11 Å². The molecule has 0 spiro atoms. The molecule has 0 bridgehead atoms. The van der Waals surface area contributed by atoms with Gasteiger partial charge in [-0.05, 0) is 12.0 Å². The Morgan fingerprint density at radius 3 is 2.40 bits per heavy atom. The molecule has 15 heavy (non-hydrogen) atoms. The second-order valence-electron chi connectivity index (χ2n) is 4.03. The first-order chi connectivity index (χ1) is 7.12. The summed E-state index contributed by atoms with van der Waals surface area (Å²) in [6.45, 7) is 4.19. The zero-order chi connectivity index (χ0) is 11.3. The van der Waals surface area contributed by atoms with Gasteiger partial charge in [0.25, 0.3) is 0 Å². The summed E-state index contributed by atoms with van der Waals surface area (Å²) in [5, 5.41) is 0. The van der Waals surface area contributed by atoms with Gasteiger partial charge < -0.3 is 4.74 Å². The summed E-state index contributed by atoms with van der Waals surface area (Å²) in [5.74, 6) is -0.150. The summed E-state index contributed by atoms with van der Waals surface area (Å²) < 4.78 is 4.73. The van der Waals surface area contributed by atoms with E-state index in [1.165, 1.54) is 12.7 Å². The SMILES string of the molecule is CC[C@](C)(CC(=O)OC)c1ccccc1. The van der Waals surface area contributed by atoms with E-state index < -0.39 is 0 Å². The second kappa shape index (κ2) is 4.96. The minimum Gasteiger partial charge on any atom is -0.469 e. The fourth-order valence-corrected chi connectivity index (χ4v) is 1.66. The molecule has 0 radical (unpaired) electrons. The molecule has 1 atom stereocenters. The van der Waals surface area contributed by atoms with E-state index in [-0.39, 0.29) is 11.4 Å². The molecular formula is C13H18O2. The van der Waals surface area contributed by atoms with Gasteiger partial charge in [0.15, 0.2) is 0 Å². The Morgan fingerprint density at radius 1 is 1.33 bits per heavy atom. The van der Waals surface area contributed by atoms with Gasteiger partial charge in [0.1, 0.15) is 0 Å². The van der Waals surface area contributed by atoms with Crippen LogP contribution in [0.1, 0.15) is 32.3 Å². The van der Waals surface area contributed by atoms with Crippen molar-refractivity contribution in [3.63, 3.8) is 0 Å². The summed E-state index contributed by atoms with van der Waals surface area (Å²) in [7, 11) is 1.43. The molecule has 0 aliphatic heterocycles. The molecule has 0 heterocycles. The monoisotopic (exact) mass is 206 g/mol. The van der Waals surface area contributed by atoms with E-state index in [9.17, 15) is 4.79 Å². The van der Waals surface area contributed by atoms with Crippen LogP contribution in [0.4, 0.5) is 0 Å². The average molecular weight is 206 g/mol. The van der Waals surface area contributed by atoms with E-state index in [0.29, 0.717) is 6.42 Å². The lowest BCUT2D eigenvalue weighted by Gasteiger charge is -2.27. The first-order valence-electron chi connectivity index (χ1n) is 5.24. The van der Waals surface area contributed by atoms with Crippen LogP contribution in [0.2, 0.25) is 0 Å². The van der Waals surface area contributed by atoms with Crippen LogP contribution in [0.15, 0.2) is 30.3 Å². The van der Waals surface area contributed by atoms with Crippen LogP contribution in [0.5, 0.6) is 0 Å². The number of benzene rings is 1. The minimum absolute atomic E-state index is 0.117. The minimum atomic E-state index is -0.150. The summed E-state index contributed by atoms with van der Waals surface area (Å²) in [6, 6.07) is 10.1. The van der Waals surface area contributed by atoms with Crippen molar-refractivity contribution in [3.05, 3.63) is 35.9 Å². The van der Waals surface area contributed by atoms with E-state index in [1.807, 2.05) is 18.2 Å². The highest BCUT2D eigenvalue weighted by atomic mass is 16.5. The molecule has 2 nitrogen and oxygen atoms in total. The highest BCUT2D eigenvalue weighted by Gasteiger charge is 2.27. The number of carbonyl (C=O) groups excluding carboxylic acids is 1. The molecule has 0 saturated carbocycles. The van der Waals surface area contributed by atoms with Crippen LogP contribution in [0.25, 0.3) is 0 Å². The van der Waals surface area contributed by atoms with Crippen LogP contribution < -0.4 is 0 Å². The Kier molecular flexibility index (Phi) is 3.89. The van der Waals surface area contributed by atoms with Crippen LogP contribution >= 0.6 is 0 Å². The topological polar surface area (TPSA) is 26.3 Å². The normalized spacial score (nSPS) is 14.3. The highest BCUT2D eigenvalue weighted by molar-refractivity contribution is 5.71. The third-order valence-corrected chi connectivity index (χ3v) is 3.01. The standard InChI is InChI=1S/C13H18O2/c1-4-13(2,10-12(14)15-3)11-8-6-5-7-9-11/h5-9H,4,10H2,1-3H3/t13-/m1/s1. The van der Waals surface area contributed by atoms with Crippen LogP contribution in [-0.2, 0) is 14.9 Å². The number of hydrogen-bond acceptors (Lipinski definition) is 2. The van der Waals surface area contributed by atoms with Crippen molar-refractivity contribution >= 4 is 5.97 Å². The Morgan fingerprint density at radius 2 is 1.93 bits per heavy atom. The zero-order valence-corrected chi connectivity index (χ0v) is 9.62. The molecule has 0 aliphatic rings. The molecule has 82 valence electrons. The van der Waals surface area contributed by atoms with Gasteiger partial charge in [0.2, 0.25) is 0 Å². The lowest BCUT2D eigenvalue weighted by atomic mass is 9.77. The number of hydrogen-bond donors (Lipinski definition) is 0. The summed E-state index contributed by atoms with van der Waals surface area (Å²) in [6.07, 6.45) is 1.36. The van der Waals surface area contributed by atoms with Gasteiger partial charge in [0.05, 0.1) is 13.5 Å². The first kappa shape index (κ1) is 11.8. The Hall–Kier alpha value is -1.31. The number of esters is 1. The number of carbonyl (C=O) groups is 1. The van der Waals surface area contributed by atoms with Crippen molar-refractivity contribution in [1.29, 1.82) is 0 Å². The van der Waals surface area contributed by atoms with Crippen molar-refractivity contribution in [3.8, 4) is 0 Å². The smallest absolute Gasteiger partial charge is 0.306 e. The molecule has 0 aliphatic carbocycles. The molecule has 0 N–H and O–H groups in total. The van der Waals surface area contributed by atoms with Crippen molar-refractivity contribution in [1.82, 2.24) is 0 Å². The number of rotatable bonds is 4. The predicted octanol–water partition coefficient (Wildman–Crippen LogP) is 2.92. The van der Waals surface area contributed by atoms with Gasteiger partial charge >= 0.3 is 5.97 Å². The van der Waals surface area contributed by atoms with Crippen molar-refractivity contribution in [2.45, 2.75) is 32.1 Å². The summed E-state index contributed by atoms with van der Waals surface area (Å²) in [4.78, 5) is 11.3. The predicted molar refractivity (Wildman–Crippen MR) is 60.7 cm³/mol. The Labute approximate surface area is 91.3 Å². The van der Waals surface area contributed by atoms with Gasteiger partial charge in [-0.3, -0.25) is 4.79 Å². The second-order valence-corrected chi connectivity index (χ2v) is 4.03. The quantitative estimate of drug-likeness (QED) is 0.708. The summed E-state index contributed by atoms with van der Waals surface area (Å²) in [5.41, 5.74) is 1.08. The van der Waals surface area contributed by atoms with Crippen molar-refractivity contribution < 1.29 is 9.53 Å². The molecule has 0 fully saturated rings. The van der Waals surface area contributed by atoms with Crippen LogP contribution in [0.3, 0.4) is 0 Å². The van der Waals surface area contributed by atoms with E-state index in [0.717, 1.165) is 6.42 Å². The summed E-state index contributed by atoms with van der Waals surface area (Å²) >= 11 is 0. The number of methoxy groups -OCH3 is 1. The number of ether oxygens (including phenoxy) is 1. The maximum absolute atomic E-state index is 11.3. The maximum atomic E-state index is 11.3. The molecular weight excluding hydrogens is 188 g/mol. The largest absolute Gasteiger partial charge is 0.469 e. The molecule has 0 aromatic heterocycles. The lowest BCUT2D eigenvalue weighted by molar-refractivity contribution is -0.142. The molecule has 0 unspecified atom stereocenters. The van der Waals surface area contributed by atoms with Gasteiger partial charge in [-0.1, -0.05) is 44.2 Å². The van der Waals surface area contributed by atoms with E-state index in [4.69, 9.17) is 4.74 Å². The van der Waals surface area contributed by atoms with E-state index in [1.54, 1.807) is 0 Å². The zero-order valence-electron chi connectivity index (χ0n) is 9.62. The van der Waals surface area contributed by atoms with Gasteiger partial charge in [-0.2, -0.15) is 0 Å². The first-order valence-corrected chi connectivity index (χ1v) is 5.24. The van der Waals surface area contributed by atoms with Crippen molar-refractivity contribution in [2.24, 2.45) is 0 Å². The lowest BCUT2D eigenvalue weighted by Crippen LogP contribution is -2.25. The molecule has 1 aromatic rings. The molecule has 2 heteroatoms. The maximum Gasteiger partial charge on any atom is 0.306 e. The van der Waals surface area contributed by atoms with E-state index >= 15 is 0 Å². The van der Waals surface area contributed by atoms with Gasteiger partial charge in [-0.25, -0.2) is 0 Å². The van der Waals surface area contributed by atoms with Gasteiger partial charge in [0, 0.05) is 5.41 Å². The fraction of sp³-hybridized carbons (Fsp3) is 0.462. The molecule has 0 saturated heterocycles. The van der Waals surface area contributed by atoms with E-state index in [2.05, 4.69) is 26.0 Å².